The number of morpholine rings is 1. The molecule has 4 aromatic rings. The highest BCUT2D eigenvalue weighted by Crippen LogP contribution is 2.33. The van der Waals surface area contributed by atoms with Gasteiger partial charge in [-0.15, -0.1) is 0 Å². The van der Waals surface area contributed by atoms with E-state index in [1.807, 2.05) is 32.2 Å². The fraction of sp³-hybridized carbons (Fsp3) is 0.519. The van der Waals surface area contributed by atoms with Crippen LogP contribution in [0, 0.1) is 5.92 Å². The molecule has 2 fully saturated rings. The van der Waals surface area contributed by atoms with E-state index in [0.717, 1.165) is 84.8 Å². The number of imidazole rings is 1. The molecular formula is C27H35N7O2. The lowest BCUT2D eigenvalue weighted by Gasteiger charge is -2.37. The number of aromatic amines is 1. The first-order valence-corrected chi connectivity index (χ1v) is 13.0. The van der Waals surface area contributed by atoms with E-state index in [4.69, 9.17) is 19.7 Å². The van der Waals surface area contributed by atoms with Crippen LogP contribution in [0.25, 0.3) is 33.5 Å². The SMILES string of the molecule is Cn1c(CN2CCC(C(C)(C)O)CC2)nc2c(N3CCOCC3)nc(-c3c[nH]c4ccccc34)nc21. The number of hydrogen-bond acceptors (Lipinski definition) is 7. The molecule has 3 aromatic heterocycles. The molecule has 0 aliphatic carbocycles. The summed E-state index contributed by atoms with van der Waals surface area (Å²) in [7, 11) is 2.06. The second-order valence-corrected chi connectivity index (χ2v) is 10.7. The highest BCUT2D eigenvalue weighted by atomic mass is 16.5. The van der Waals surface area contributed by atoms with E-state index < -0.39 is 5.60 Å². The number of aryl methyl sites for hydroxylation is 1. The summed E-state index contributed by atoms with van der Waals surface area (Å²) in [6.07, 6.45) is 3.99. The Kier molecular flexibility index (Phi) is 5.94. The van der Waals surface area contributed by atoms with Crippen LogP contribution in [0.2, 0.25) is 0 Å². The average molecular weight is 490 g/mol. The van der Waals surface area contributed by atoms with Crippen molar-refractivity contribution in [2.75, 3.05) is 44.3 Å². The van der Waals surface area contributed by atoms with Crippen LogP contribution in [-0.4, -0.2) is 79.5 Å². The lowest BCUT2D eigenvalue weighted by Crippen LogP contribution is -2.41. The number of likely N-dealkylation sites (tertiary alicyclic amines) is 1. The third-order valence-corrected chi connectivity index (χ3v) is 7.89. The molecule has 190 valence electrons. The van der Waals surface area contributed by atoms with E-state index in [9.17, 15) is 5.11 Å². The van der Waals surface area contributed by atoms with E-state index in [0.29, 0.717) is 25.0 Å². The molecule has 36 heavy (non-hydrogen) atoms. The monoisotopic (exact) mass is 489 g/mol. The highest BCUT2D eigenvalue weighted by molar-refractivity contribution is 5.95. The molecule has 0 spiro atoms. The zero-order chi connectivity index (χ0) is 24.9. The molecule has 2 saturated heterocycles. The van der Waals surface area contributed by atoms with Crippen LogP contribution in [0.3, 0.4) is 0 Å². The van der Waals surface area contributed by atoms with Crippen LogP contribution in [0.5, 0.6) is 0 Å². The zero-order valence-electron chi connectivity index (χ0n) is 21.4. The maximum atomic E-state index is 10.4. The number of hydrogen-bond donors (Lipinski definition) is 2. The molecule has 0 amide bonds. The number of rotatable bonds is 5. The Hall–Kier alpha value is -3.01. The maximum absolute atomic E-state index is 10.4. The molecule has 0 saturated carbocycles. The molecule has 5 heterocycles. The minimum absolute atomic E-state index is 0.340. The number of piperidine rings is 1. The van der Waals surface area contributed by atoms with Crippen molar-refractivity contribution in [3.63, 3.8) is 0 Å². The molecule has 2 aliphatic rings. The van der Waals surface area contributed by atoms with E-state index >= 15 is 0 Å². The van der Waals surface area contributed by atoms with E-state index in [-0.39, 0.29) is 0 Å². The van der Waals surface area contributed by atoms with Gasteiger partial charge in [-0.2, -0.15) is 0 Å². The lowest BCUT2D eigenvalue weighted by atomic mass is 9.83. The number of H-pyrrole nitrogens is 1. The lowest BCUT2D eigenvalue weighted by molar-refractivity contribution is -0.0139. The summed E-state index contributed by atoms with van der Waals surface area (Å²) in [6.45, 7) is 9.47. The van der Waals surface area contributed by atoms with Crippen molar-refractivity contribution in [3.8, 4) is 11.4 Å². The largest absolute Gasteiger partial charge is 0.390 e. The van der Waals surface area contributed by atoms with Gasteiger partial charge < -0.3 is 24.3 Å². The maximum Gasteiger partial charge on any atom is 0.166 e. The minimum atomic E-state index is -0.620. The molecule has 0 radical (unpaired) electrons. The number of nitrogens with zero attached hydrogens (tertiary/aromatic N) is 6. The van der Waals surface area contributed by atoms with Crippen LogP contribution >= 0.6 is 0 Å². The van der Waals surface area contributed by atoms with Crippen molar-refractivity contribution >= 4 is 27.9 Å². The molecule has 0 bridgehead atoms. The molecule has 9 heteroatoms. The summed E-state index contributed by atoms with van der Waals surface area (Å²) < 4.78 is 7.74. The van der Waals surface area contributed by atoms with Crippen LogP contribution in [0.15, 0.2) is 30.5 Å². The number of para-hydroxylation sites is 1. The molecule has 9 nitrogen and oxygen atoms in total. The second kappa shape index (κ2) is 9.14. The first-order valence-electron chi connectivity index (χ1n) is 13.0. The molecule has 1 aromatic carbocycles. The summed E-state index contributed by atoms with van der Waals surface area (Å²) in [5.41, 5.74) is 3.16. The molecule has 6 rings (SSSR count). The first kappa shape index (κ1) is 23.4. The first-order chi connectivity index (χ1) is 17.4. The third-order valence-electron chi connectivity index (χ3n) is 7.89. The smallest absolute Gasteiger partial charge is 0.166 e. The summed E-state index contributed by atoms with van der Waals surface area (Å²) in [4.78, 5) is 23.3. The van der Waals surface area contributed by atoms with Crippen molar-refractivity contribution in [2.24, 2.45) is 13.0 Å². The van der Waals surface area contributed by atoms with Gasteiger partial charge in [0.15, 0.2) is 22.8 Å². The van der Waals surface area contributed by atoms with Gasteiger partial charge in [0.1, 0.15) is 5.82 Å². The van der Waals surface area contributed by atoms with Gasteiger partial charge in [0.2, 0.25) is 0 Å². The Morgan fingerprint density at radius 3 is 2.56 bits per heavy atom. The van der Waals surface area contributed by atoms with Crippen LogP contribution in [-0.2, 0) is 18.3 Å². The number of aromatic nitrogens is 5. The van der Waals surface area contributed by atoms with Gasteiger partial charge in [-0.3, -0.25) is 4.90 Å². The minimum Gasteiger partial charge on any atom is -0.390 e. The van der Waals surface area contributed by atoms with E-state index in [2.05, 4.69) is 38.5 Å². The summed E-state index contributed by atoms with van der Waals surface area (Å²) in [6, 6.07) is 8.26. The standard InChI is InChI=1S/C27H35N7O2/c1-27(2,35)18-8-10-33(11-9-18)17-22-29-23-25(32(22)3)30-24(31-26(23)34-12-14-36-15-13-34)20-16-28-21-7-5-4-6-19(20)21/h4-7,16,18,28,35H,8-15,17H2,1-3H3. The second-order valence-electron chi connectivity index (χ2n) is 10.7. The summed E-state index contributed by atoms with van der Waals surface area (Å²) >= 11 is 0. The molecule has 2 aliphatic heterocycles. The van der Waals surface area contributed by atoms with Gasteiger partial charge in [-0.25, -0.2) is 15.0 Å². The third kappa shape index (κ3) is 4.25. The number of anilines is 1. The number of benzene rings is 1. The Bertz CT molecular complexity index is 1370. The zero-order valence-corrected chi connectivity index (χ0v) is 21.4. The van der Waals surface area contributed by atoms with Crippen LogP contribution in [0.1, 0.15) is 32.5 Å². The Balaban J connectivity index is 1.38. The molecule has 0 unspecified atom stereocenters. The quantitative estimate of drug-likeness (QED) is 0.444. The normalized spacial score (nSPS) is 18.5. The molecular weight excluding hydrogens is 454 g/mol. The van der Waals surface area contributed by atoms with Crippen LogP contribution < -0.4 is 4.90 Å². The number of ether oxygens (including phenoxy) is 1. The summed E-state index contributed by atoms with van der Waals surface area (Å²) in [5.74, 6) is 2.92. The van der Waals surface area contributed by atoms with Gasteiger partial charge in [0.25, 0.3) is 0 Å². The predicted molar refractivity (Wildman–Crippen MR) is 141 cm³/mol. The number of fused-ring (bicyclic) bond motifs is 2. The van der Waals surface area contributed by atoms with Crippen molar-refractivity contribution in [1.29, 1.82) is 0 Å². The number of nitrogens with one attached hydrogen (secondary N) is 1. The average Bonchev–Trinajstić information content (AvgIpc) is 3.45. The topological polar surface area (TPSA) is 95.3 Å². The van der Waals surface area contributed by atoms with Crippen molar-refractivity contribution in [2.45, 2.75) is 38.8 Å². The van der Waals surface area contributed by atoms with Gasteiger partial charge in [-0.1, -0.05) is 18.2 Å². The van der Waals surface area contributed by atoms with E-state index in [1.165, 1.54) is 0 Å². The van der Waals surface area contributed by atoms with Crippen molar-refractivity contribution in [3.05, 3.63) is 36.3 Å². The summed E-state index contributed by atoms with van der Waals surface area (Å²) in [5, 5.41) is 11.5. The van der Waals surface area contributed by atoms with Gasteiger partial charge >= 0.3 is 0 Å². The van der Waals surface area contributed by atoms with Crippen LogP contribution in [0.4, 0.5) is 5.82 Å². The highest BCUT2D eigenvalue weighted by Gasteiger charge is 2.31. The Labute approximate surface area is 211 Å². The molecule has 2 N–H and O–H groups in total. The van der Waals surface area contributed by atoms with Gasteiger partial charge in [0, 0.05) is 42.8 Å². The number of aliphatic hydroxyl groups is 1. The van der Waals surface area contributed by atoms with Crippen molar-refractivity contribution in [1.82, 2.24) is 29.4 Å². The van der Waals surface area contributed by atoms with Gasteiger partial charge in [0.05, 0.1) is 25.4 Å². The fourth-order valence-electron chi connectivity index (χ4n) is 5.60. The fourth-order valence-corrected chi connectivity index (χ4v) is 5.60. The predicted octanol–water partition coefficient (Wildman–Crippen LogP) is 3.33. The molecule has 0 atom stereocenters. The Morgan fingerprint density at radius 2 is 1.81 bits per heavy atom. The van der Waals surface area contributed by atoms with Gasteiger partial charge in [-0.05, 0) is 51.8 Å². The Morgan fingerprint density at radius 1 is 1.06 bits per heavy atom. The van der Waals surface area contributed by atoms with E-state index in [1.54, 1.807) is 0 Å². The van der Waals surface area contributed by atoms with Crippen molar-refractivity contribution < 1.29 is 9.84 Å².